The number of anilines is 1. The second-order valence-electron chi connectivity index (χ2n) is 5.02. The van der Waals surface area contributed by atoms with Crippen molar-refractivity contribution in [1.82, 2.24) is 4.98 Å². The van der Waals surface area contributed by atoms with Gasteiger partial charge in [-0.2, -0.15) is 5.10 Å². The zero-order valence-electron chi connectivity index (χ0n) is 13.1. The van der Waals surface area contributed by atoms with Gasteiger partial charge in [-0.15, -0.1) is 0 Å². The van der Waals surface area contributed by atoms with E-state index in [-0.39, 0.29) is 11.6 Å². The van der Waals surface area contributed by atoms with Gasteiger partial charge in [-0.05, 0) is 42.0 Å². The number of hydrogen-bond donors (Lipinski definition) is 1. The zero-order valence-corrected chi connectivity index (χ0v) is 13.1. The summed E-state index contributed by atoms with van der Waals surface area (Å²) in [6.07, 6.45) is 2.85. The van der Waals surface area contributed by atoms with Gasteiger partial charge in [-0.25, -0.2) is 4.98 Å². The minimum absolute atomic E-state index is 0.0789. The van der Waals surface area contributed by atoms with Crippen LogP contribution in [-0.2, 0) is 0 Å². The van der Waals surface area contributed by atoms with Crippen LogP contribution in [0, 0.1) is 10.1 Å². The molecule has 0 fully saturated rings. The van der Waals surface area contributed by atoms with Gasteiger partial charge >= 0.3 is 0 Å². The minimum atomic E-state index is -0.506. The highest BCUT2D eigenvalue weighted by atomic mass is 16.6. The highest BCUT2D eigenvalue weighted by molar-refractivity contribution is 5.80. The van der Waals surface area contributed by atoms with E-state index in [4.69, 9.17) is 4.74 Å². The number of rotatable bonds is 6. The van der Waals surface area contributed by atoms with Crippen LogP contribution in [0.2, 0.25) is 0 Å². The quantitative estimate of drug-likeness (QED) is 0.414. The predicted octanol–water partition coefficient (Wildman–Crippen LogP) is 4.23. The third-order valence-electron chi connectivity index (χ3n) is 3.22. The first kappa shape index (κ1) is 16.1. The Labute approximate surface area is 143 Å². The number of ether oxygens (including phenoxy) is 1. The summed E-state index contributed by atoms with van der Waals surface area (Å²) in [7, 11) is 0. The Morgan fingerprint density at radius 2 is 1.80 bits per heavy atom. The third kappa shape index (κ3) is 4.61. The molecule has 0 radical (unpaired) electrons. The van der Waals surface area contributed by atoms with E-state index in [1.165, 1.54) is 12.1 Å². The van der Waals surface area contributed by atoms with E-state index in [1.807, 2.05) is 42.5 Å². The van der Waals surface area contributed by atoms with Crippen LogP contribution in [0.3, 0.4) is 0 Å². The van der Waals surface area contributed by atoms with Crippen molar-refractivity contribution in [2.75, 3.05) is 5.43 Å². The van der Waals surface area contributed by atoms with E-state index < -0.39 is 4.92 Å². The molecule has 3 rings (SSSR count). The normalized spacial score (nSPS) is 10.6. The highest BCUT2D eigenvalue weighted by Crippen LogP contribution is 2.21. The lowest BCUT2D eigenvalue weighted by molar-refractivity contribution is -0.385. The fourth-order valence-corrected chi connectivity index (χ4v) is 1.98. The van der Waals surface area contributed by atoms with Gasteiger partial charge in [0.25, 0.3) is 5.69 Å². The van der Waals surface area contributed by atoms with Crippen LogP contribution < -0.4 is 10.2 Å². The number of hydrazone groups is 1. The van der Waals surface area contributed by atoms with Gasteiger partial charge in [-0.1, -0.05) is 18.2 Å². The number of nitrogens with one attached hydrogen (secondary N) is 1. The van der Waals surface area contributed by atoms with Crippen LogP contribution in [0.15, 0.2) is 78.0 Å². The van der Waals surface area contributed by atoms with Crippen molar-refractivity contribution in [2.45, 2.75) is 0 Å². The summed E-state index contributed by atoms with van der Waals surface area (Å²) in [5.74, 6) is 0.868. The molecule has 0 unspecified atom stereocenters. The SMILES string of the molecule is O=[N+]([O-])c1ccc(Oc2ccc(/C=N\Nc3ccccc3)cc2)nc1. The molecule has 25 heavy (non-hydrogen) atoms. The Morgan fingerprint density at radius 1 is 1.04 bits per heavy atom. The lowest BCUT2D eigenvalue weighted by Crippen LogP contribution is -1.92. The number of nitro groups is 1. The van der Waals surface area contributed by atoms with Crippen molar-refractivity contribution in [1.29, 1.82) is 0 Å². The summed E-state index contributed by atoms with van der Waals surface area (Å²) < 4.78 is 5.55. The Morgan fingerprint density at radius 3 is 2.44 bits per heavy atom. The van der Waals surface area contributed by atoms with Gasteiger partial charge in [0.2, 0.25) is 5.88 Å². The second kappa shape index (κ2) is 7.69. The summed E-state index contributed by atoms with van der Waals surface area (Å²) >= 11 is 0. The molecule has 0 bridgehead atoms. The molecular formula is C18H14N4O3. The third-order valence-corrected chi connectivity index (χ3v) is 3.22. The molecule has 124 valence electrons. The highest BCUT2D eigenvalue weighted by Gasteiger charge is 2.06. The fraction of sp³-hybridized carbons (Fsp3) is 0. The average Bonchev–Trinajstić information content (AvgIpc) is 2.64. The van der Waals surface area contributed by atoms with E-state index in [1.54, 1.807) is 18.3 Å². The van der Waals surface area contributed by atoms with Crippen molar-refractivity contribution in [2.24, 2.45) is 5.10 Å². The maximum Gasteiger partial charge on any atom is 0.287 e. The molecule has 7 nitrogen and oxygen atoms in total. The molecular weight excluding hydrogens is 320 g/mol. The van der Waals surface area contributed by atoms with Gasteiger partial charge in [0.05, 0.1) is 16.8 Å². The van der Waals surface area contributed by atoms with Gasteiger partial charge in [0.15, 0.2) is 0 Å². The Hall–Kier alpha value is -3.74. The first-order valence-corrected chi connectivity index (χ1v) is 7.43. The minimum Gasteiger partial charge on any atom is -0.439 e. The van der Waals surface area contributed by atoms with E-state index in [9.17, 15) is 10.1 Å². The molecule has 1 N–H and O–H groups in total. The number of aromatic nitrogens is 1. The summed E-state index contributed by atoms with van der Waals surface area (Å²) in [4.78, 5) is 14.0. The first-order valence-electron chi connectivity index (χ1n) is 7.43. The topological polar surface area (TPSA) is 89.7 Å². The van der Waals surface area contributed by atoms with Crippen LogP contribution in [0.25, 0.3) is 0 Å². The Balaban J connectivity index is 1.59. The van der Waals surface area contributed by atoms with Crippen molar-refractivity contribution in [3.05, 3.63) is 88.6 Å². The lowest BCUT2D eigenvalue weighted by Gasteiger charge is -2.04. The van der Waals surface area contributed by atoms with Gasteiger partial charge in [-0.3, -0.25) is 15.5 Å². The maximum absolute atomic E-state index is 10.6. The first-order chi connectivity index (χ1) is 12.2. The molecule has 2 aromatic carbocycles. The standard InChI is InChI=1S/C18H14N4O3/c23-22(24)16-8-11-18(19-13-16)25-17-9-6-14(7-10-17)12-20-21-15-4-2-1-3-5-15/h1-13,21H/b20-12-. The van der Waals surface area contributed by atoms with E-state index in [2.05, 4.69) is 15.5 Å². The van der Waals surface area contributed by atoms with Crippen molar-refractivity contribution in [3.63, 3.8) is 0 Å². The maximum atomic E-state index is 10.6. The van der Waals surface area contributed by atoms with Crippen molar-refractivity contribution < 1.29 is 9.66 Å². The number of pyridine rings is 1. The molecule has 0 aliphatic carbocycles. The molecule has 1 aromatic heterocycles. The summed E-state index contributed by atoms with van der Waals surface area (Å²) in [5, 5.41) is 14.8. The fourth-order valence-electron chi connectivity index (χ4n) is 1.98. The zero-order chi connectivity index (χ0) is 17.5. The van der Waals surface area contributed by atoms with E-state index in [0.717, 1.165) is 17.4 Å². The number of benzene rings is 2. The largest absolute Gasteiger partial charge is 0.439 e. The number of nitrogens with zero attached hydrogens (tertiary/aromatic N) is 3. The molecule has 1 heterocycles. The van der Waals surface area contributed by atoms with Crippen LogP contribution in [-0.4, -0.2) is 16.1 Å². The Kier molecular flexibility index (Phi) is 4.96. The molecule has 0 amide bonds. The molecule has 0 saturated heterocycles. The van der Waals surface area contributed by atoms with E-state index in [0.29, 0.717) is 5.75 Å². The van der Waals surface area contributed by atoms with E-state index >= 15 is 0 Å². The van der Waals surface area contributed by atoms with Crippen LogP contribution in [0.5, 0.6) is 11.6 Å². The molecule has 0 spiro atoms. The molecule has 0 saturated carbocycles. The Bertz CT molecular complexity index is 863. The molecule has 0 aliphatic rings. The van der Waals surface area contributed by atoms with Crippen molar-refractivity contribution >= 4 is 17.6 Å². The molecule has 3 aromatic rings. The van der Waals surface area contributed by atoms with Crippen molar-refractivity contribution in [3.8, 4) is 11.6 Å². The summed E-state index contributed by atoms with van der Waals surface area (Å²) in [6.45, 7) is 0. The molecule has 0 atom stereocenters. The van der Waals surface area contributed by atoms with Gasteiger partial charge in [0.1, 0.15) is 11.9 Å². The number of hydrogen-bond acceptors (Lipinski definition) is 6. The molecule has 7 heteroatoms. The van der Waals surface area contributed by atoms with Crippen LogP contribution >= 0.6 is 0 Å². The van der Waals surface area contributed by atoms with Gasteiger partial charge in [0, 0.05) is 12.1 Å². The summed E-state index contributed by atoms with van der Waals surface area (Å²) in [6, 6.07) is 19.7. The lowest BCUT2D eigenvalue weighted by atomic mass is 10.2. The monoisotopic (exact) mass is 334 g/mol. The summed E-state index contributed by atoms with van der Waals surface area (Å²) in [5.41, 5.74) is 4.66. The average molecular weight is 334 g/mol. The second-order valence-corrected chi connectivity index (χ2v) is 5.02. The van der Waals surface area contributed by atoms with Crippen LogP contribution in [0.1, 0.15) is 5.56 Å². The van der Waals surface area contributed by atoms with Crippen LogP contribution in [0.4, 0.5) is 11.4 Å². The smallest absolute Gasteiger partial charge is 0.287 e. The van der Waals surface area contributed by atoms with Gasteiger partial charge < -0.3 is 4.74 Å². The number of para-hydroxylation sites is 1. The molecule has 0 aliphatic heterocycles. The predicted molar refractivity (Wildman–Crippen MR) is 95.1 cm³/mol.